The number of Topliss-reactive ketones (excluding diaryl/α,β-unsaturated/α-hetero) is 1. The standard InChI is InChI=1S/C32H34F5N7O/c1-4-25-17-30(39-19-38-25)44-31(11-21(3)41-44)40-27-12-22(6-5-20(27)2)13-28(45)23-14-24(32(35,36)37)16-26(15-23)43-9-7-42(8-10-43)18-29(33)34/h5-6,11-12,14-17,19,29,40H,4,7-10,13,18H2,1-3H3. The monoisotopic (exact) mass is 627 g/mol. The van der Waals surface area contributed by atoms with Crippen molar-refractivity contribution in [2.75, 3.05) is 42.9 Å². The van der Waals surface area contributed by atoms with Gasteiger partial charge in [-0.3, -0.25) is 9.69 Å². The van der Waals surface area contributed by atoms with E-state index in [0.717, 1.165) is 35.5 Å². The first-order valence-corrected chi connectivity index (χ1v) is 14.6. The molecule has 0 spiro atoms. The number of aromatic nitrogens is 4. The predicted octanol–water partition coefficient (Wildman–Crippen LogP) is 6.42. The molecule has 0 bridgehead atoms. The third kappa shape index (κ3) is 7.83. The van der Waals surface area contributed by atoms with Crippen LogP contribution in [-0.2, 0) is 19.0 Å². The quantitative estimate of drug-likeness (QED) is 0.161. The Bertz CT molecular complexity index is 1660. The Hall–Kier alpha value is -4.39. The number of nitrogens with one attached hydrogen (secondary N) is 1. The summed E-state index contributed by atoms with van der Waals surface area (Å²) in [5.41, 5.74) is 3.09. The number of aryl methyl sites for hydroxylation is 3. The maximum Gasteiger partial charge on any atom is 0.416 e. The van der Waals surface area contributed by atoms with Gasteiger partial charge in [-0.25, -0.2) is 18.7 Å². The molecule has 0 aliphatic carbocycles. The average molecular weight is 628 g/mol. The Labute approximate surface area is 257 Å². The van der Waals surface area contributed by atoms with Crippen molar-refractivity contribution in [3.63, 3.8) is 0 Å². The van der Waals surface area contributed by atoms with Gasteiger partial charge >= 0.3 is 6.18 Å². The van der Waals surface area contributed by atoms with Crippen molar-refractivity contribution in [3.05, 3.63) is 88.5 Å². The fourth-order valence-corrected chi connectivity index (χ4v) is 5.30. The number of anilines is 3. The summed E-state index contributed by atoms with van der Waals surface area (Å²) in [4.78, 5) is 25.3. The number of hydrogen-bond acceptors (Lipinski definition) is 7. The molecule has 2 aromatic heterocycles. The summed E-state index contributed by atoms with van der Waals surface area (Å²) in [6.45, 7) is 6.52. The highest BCUT2D eigenvalue weighted by molar-refractivity contribution is 5.98. The smallest absolute Gasteiger partial charge is 0.369 e. The second kappa shape index (κ2) is 13.3. The summed E-state index contributed by atoms with van der Waals surface area (Å²) >= 11 is 0. The van der Waals surface area contributed by atoms with E-state index in [4.69, 9.17) is 0 Å². The van der Waals surface area contributed by atoms with E-state index in [1.54, 1.807) is 26.6 Å². The van der Waals surface area contributed by atoms with Crippen molar-refractivity contribution < 1.29 is 26.7 Å². The van der Waals surface area contributed by atoms with E-state index in [1.165, 1.54) is 12.4 Å². The highest BCUT2D eigenvalue weighted by Crippen LogP contribution is 2.34. The van der Waals surface area contributed by atoms with Gasteiger partial charge in [0.2, 0.25) is 0 Å². The highest BCUT2D eigenvalue weighted by Gasteiger charge is 2.33. The number of piperazine rings is 1. The zero-order valence-electron chi connectivity index (χ0n) is 25.2. The molecule has 8 nitrogen and oxygen atoms in total. The van der Waals surface area contributed by atoms with E-state index in [1.807, 2.05) is 39.0 Å². The van der Waals surface area contributed by atoms with E-state index < -0.39 is 23.9 Å². The minimum atomic E-state index is -4.66. The van der Waals surface area contributed by atoms with Gasteiger partial charge in [0.25, 0.3) is 6.43 Å². The molecule has 1 saturated heterocycles. The molecular weight excluding hydrogens is 593 g/mol. The molecule has 13 heteroatoms. The lowest BCUT2D eigenvalue weighted by atomic mass is 9.98. The maximum absolute atomic E-state index is 13.9. The first-order valence-electron chi connectivity index (χ1n) is 14.6. The lowest BCUT2D eigenvalue weighted by Crippen LogP contribution is -2.47. The van der Waals surface area contributed by atoms with Crippen LogP contribution in [0.3, 0.4) is 0 Å². The lowest BCUT2D eigenvalue weighted by molar-refractivity contribution is -0.137. The molecule has 1 aliphatic rings. The summed E-state index contributed by atoms with van der Waals surface area (Å²) < 4.78 is 68.9. The van der Waals surface area contributed by atoms with Crippen LogP contribution < -0.4 is 10.2 Å². The topological polar surface area (TPSA) is 79.2 Å². The Morgan fingerprint density at radius 3 is 2.42 bits per heavy atom. The van der Waals surface area contributed by atoms with Gasteiger partial charge in [0.1, 0.15) is 12.1 Å². The number of hydrogen-bond donors (Lipinski definition) is 1. The first kappa shape index (κ1) is 32.0. The van der Waals surface area contributed by atoms with Crippen LogP contribution in [0.1, 0.15) is 45.4 Å². The Balaban J connectivity index is 1.37. The first-order chi connectivity index (χ1) is 21.4. The van der Waals surface area contributed by atoms with Crippen LogP contribution in [-0.4, -0.2) is 69.6 Å². The second-order valence-corrected chi connectivity index (χ2v) is 11.1. The zero-order valence-corrected chi connectivity index (χ0v) is 25.2. The fourth-order valence-electron chi connectivity index (χ4n) is 5.30. The number of halogens is 5. The molecule has 1 fully saturated rings. The Morgan fingerprint density at radius 1 is 0.978 bits per heavy atom. The van der Waals surface area contributed by atoms with Gasteiger partial charge < -0.3 is 10.2 Å². The van der Waals surface area contributed by atoms with E-state index in [0.29, 0.717) is 36.0 Å². The molecule has 0 atom stereocenters. The molecule has 45 heavy (non-hydrogen) atoms. The van der Waals surface area contributed by atoms with E-state index in [2.05, 4.69) is 20.4 Å². The highest BCUT2D eigenvalue weighted by atomic mass is 19.4. The second-order valence-electron chi connectivity index (χ2n) is 11.1. The summed E-state index contributed by atoms with van der Waals surface area (Å²) in [6, 6.07) is 12.5. The number of nitrogens with zero attached hydrogens (tertiary/aromatic N) is 6. The van der Waals surface area contributed by atoms with Crippen LogP contribution in [0.2, 0.25) is 0 Å². The Kier molecular flexibility index (Phi) is 9.47. The number of rotatable bonds is 10. The molecule has 0 radical (unpaired) electrons. The van der Waals surface area contributed by atoms with Gasteiger partial charge in [0.15, 0.2) is 11.6 Å². The van der Waals surface area contributed by atoms with Gasteiger partial charge in [0, 0.05) is 67.4 Å². The minimum absolute atomic E-state index is 0.0610. The summed E-state index contributed by atoms with van der Waals surface area (Å²) in [7, 11) is 0. The van der Waals surface area contributed by atoms with Crippen molar-refractivity contribution in [2.45, 2.75) is 46.2 Å². The van der Waals surface area contributed by atoms with Crippen molar-refractivity contribution in [1.82, 2.24) is 24.6 Å². The largest absolute Gasteiger partial charge is 0.416 e. The van der Waals surface area contributed by atoms with E-state index >= 15 is 0 Å². The molecule has 0 saturated carbocycles. The molecule has 0 amide bonds. The predicted molar refractivity (Wildman–Crippen MR) is 162 cm³/mol. The number of benzene rings is 2. The average Bonchev–Trinajstić information content (AvgIpc) is 3.38. The van der Waals surface area contributed by atoms with E-state index in [9.17, 15) is 26.7 Å². The van der Waals surface area contributed by atoms with Crippen molar-refractivity contribution in [3.8, 4) is 5.82 Å². The fraction of sp³-hybridized carbons (Fsp3) is 0.375. The van der Waals surface area contributed by atoms with Crippen LogP contribution in [0.25, 0.3) is 5.82 Å². The third-order valence-corrected chi connectivity index (χ3v) is 7.75. The van der Waals surface area contributed by atoms with Crippen LogP contribution in [0.5, 0.6) is 0 Å². The van der Waals surface area contributed by atoms with Gasteiger partial charge in [-0.05, 0) is 55.7 Å². The molecule has 1 N–H and O–H groups in total. The molecule has 1 aliphatic heterocycles. The zero-order chi connectivity index (χ0) is 32.3. The minimum Gasteiger partial charge on any atom is -0.369 e. The van der Waals surface area contributed by atoms with Crippen LogP contribution in [0.15, 0.2) is 54.9 Å². The molecule has 0 unspecified atom stereocenters. The molecule has 3 heterocycles. The van der Waals surface area contributed by atoms with Crippen LogP contribution in [0.4, 0.5) is 39.1 Å². The number of carbonyl (C=O) groups is 1. The Morgan fingerprint density at radius 2 is 1.73 bits per heavy atom. The number of alkyl halides is 5. The van der Waals surface area contributed by atoms with Crippen LogP contribution >= 0.6 is 0 Å². The normalized spacial score (nSPS) is 14.3. The summed E-state index contributed by atoms with van der Waals surface area (Å²) in [5, 5.41) is 7.93. The molecule has 2 aromatic carbocycles. The number of carbonyl (C=O) groups excluding carboxylic acids is 1. The summed E-state index contributed by atoms with van der Waals surface area (Å²) in [6.07, 6.45) is -5.04. The molecular formula is C32H34F5N7O. The van der Waals surface area contributed by atoms with Gasteiger partial charge in [0.05, 0.1) is 17.8 Å². The molecule has 5 rings (SSSR count). The van der Waals surface area contributed by atoms with Crippen molar-refractivity contribution in [1.29, 1.82) is 0 Å². The SMILES string of the molecule is CCc1cc(-n2nc(C)cc2Nc2cc(CC(=O)c3cc(N4CCN(CC(F)F)CC4)cc(C(F)(F)F)c3)ccc2C)ncn1. The van der Waals surface area contributed by atoms with Gasteiger partial charge in [-0.2, -0.15) is 23.0 Å². The lowest BCUT2D eigenvalue weighted by Gasteiger charge is -2.36. The van der Waals surface area contributed by atoms with E-state index in [-0.39, 0.29) is 37.3 Å². The molecule has 4 aromatic rings. The van der Waals surface area contributed by atoms with Crippen molar-refractivity contribution >= 4 is 23.0 Å². The summed E-state index contributed by atoms with van der Waals surface area (Å²) in [5.74, 6) is 0.774. The van der Waals surface area contributed by atoms with Crippen LogP contribution in [0, 0.1) is 13.8 Å². The molecule has 238 valence electrons. The third-order valence-electron chi connectivity index (χ3n) is 7.75. The van der Waals surface area contributed by atoms with Gasteiger partial charge in [-0.1, -0.05) is 19.1 Å². The van der Waals surface area contributed by atoms with Gasteiger partial charge in [-0.15, -0.1) is 0 Å². The maximum atomic E-state index is 13.9. The van der Waals surface area contributed by atoms with Crippen molar-refractivity contribution in [2.24, 2.45) is 0 Å². The number of ketones is 1.